The van der Waals surface area contributed by atoms with Crippen molar-refractivity contribution < 1.29 is 14.7 Å². The number of hydrogen-bond acceptors (Lipinski definition) is 5. The molecule has 1 aromatic heterocycles. The maximum atomic E-state index is 13.3. The van der Waals surface area contributed by atoms with Gasteiger partial charge in [0.05, 0.1) is 21.8 Å². The first kappa shape index (κ1) is 20.6. The molecule has 0 radical (unpaired) electrons. The van der Waals surface area contributed by atoms with Crippen LogP contribution < -0.4 is 4.90 Å². The molecule has 0 bridgehead atoms. The summed E-state index contributed by atoms with van der Waals surface area (Å²) in [7, 11) is 0. The van der Waals surface area contributed by atoms with Crippen LogP contribution in [0.1, 0.15) is 22.7 Å². The molecule has 0 saturated carbocycles. The molecule has 0 aliphatic carbocycles. The minimum Gasteiger partial charge on any atom is -0.507 e. The average molecular weight is 505 g/mol. The lowest BCUT2D eigenvalue weighted by Crippen LogP contribution is -2.29. The molecule has 1 saturated heterocycles. The zero-order chi connectivity index (χ0) is 22.4. The summed E-state index contributed by atoms with van der Waals surface area (Å²) in [6.45, 7) is 1.99. The van der Waals surface area contributed by atoms with E-state index >= 15 is 0 Å². The van der Waals surface area contributed by atoms with Crippen LogP contribution in [0.25, 0.3) is 16.0 Å². The summed E-state index contributed by atoms with van der Waals surface area (Å²) in [4.78, 5) is 32.5. The van der Waals surface area contributed by atoms with Gasteiger partial charge in [0.2, 0.25) is 0 Å². The number of aromatic nitrogens is 1. The standard InChI is InChI=1S/C25H17BrN2O3S/c1-14-10-11-18-19(12-14)32-25(27-18)28-21(16-8-5-9-17(26)13-16)20(23(30)24(28)31)22(29)15-6-3-2-4-7-15/h2-13,21,29H,1H3. The Bertz CT molecular complexity index is 1410. The Morgan fingerprint density at radius 3 is 2.56 bits per heavy atom. The first-order chi connectivity index (χ1) is 15.4. The van der Waals surface area contributed by atoms with Gasteiger partial charge in [-0.05, 0) is 42.3 Å². The highest BCUT2D eigenvalue weighted by atomic mass is 79.9. The normalized spacial score (nSPS) is 17.9. The van der Waals surface area contributed by atoms with Crippen molar-refractivity contribution in [2.24, 2.45) is 0 Å². The van der Waals surface area contributed by atoms with Crippen LogP contribution in [0.3, 0.4) is 0 Å². The van der Waals surface area contributed by atoms with Crippen LogP contribution in [-0.2, 0) is 9.59 Å². The molecule has 7 heteroatoms. The number of ketones is 1. The molecule has 5 nitrogen and oxygen atoms in total. The number of aryl methyl sites for hydroxylation is 1. The number of benzene rings is 3. The maximum absolute atomic E-state index is 13.3. The molecule has 1 amide bonds. The Balaban J connectivity index is 1.75. The number of halogens is 1. The minimum atomic E-state index is -0.797. The fourth-order valence-electron chi connectivity index (χ4n) is 3.90. The van der Waals surface area contributed by atoms with Gasteiger partial charge in [-0.25, -0.2) is 4.98 Å². The number of thiazole rings is 1. The number of hydrogen-bond donors (Lipinski definition) is 1. The number of aliphatic hydroxyl groups is 1. The van der Waals surface area contributed by atoms with Gasteiger partial charge in [0, 0.05) is 10.0 Å². The minimum absolute atomic E-state index is 0.0507. The largest absolute Gasteiger partial charge is 0.507 e. The fourth-order valence-corrected chi connectivity index (χ4v) is 5.40. The number of nitrogens with zero attached hydrogens (tertiary/aromatic N) is 2. The summed E-state index contributed by atoms with van der Waals surface area (Å²) < 4.78 is 1.73. The van der Waals surface area contributed by atoms with Gasteiger partial charge in [0.25, 0.3) is 5.78 Å². The maximum Gasteiger partial charge on any atom is 0.301 e. The Morgan fingerprint density at radius 1 is 1.03 bits per heavy atom. The summed E-state index contributed by atoms with van der Waals surface area (Å²) in [5.74, 6) is -1.64. The van der Waals surface area contributed by atoms with Crippen molar-refractivity contribution in [1.29, 1.82) is 0 Å². The molecule has 1 aliphatic rings. The Kier molecular flexibility index (Phi) is 5.15. The Morgan fingerprint density at radius 2 is 1.81 bits per heavy atom. The summed E-state index contributed by atoms with van der Waals surface area (Å²) in [6.07, 6.45) is 0. The second-order valence-corrected chi connectivity index (χ2v) is 9.48. The van der Waals surface area contributed by atoms with Crippen molar-refractivity contribution in [2.45, 2.75) is 13.0 Å². The van der Waals surface area contributed by atoms with Crippen molar-refractivity contribution >= 4 is 60.1 Å². The number of aliphatic hydroxyl groups excluding tert-OH is 1. The van der Waals surface area contributed by atoms with Gasteiger partial charge in [-0.15, -0.1) is 0 Å². The van der Waals surface area contributed by atoms with E-state index in [4.69, 9.17) is 0 Å². The van der Waals surface area contributed by atoms with Gasteiger partial charge in [-0.3, -0.25) is 14.5 Å². The van der Waals surface area contributed by atoms with Gasteiger partial charge in [-0.1, -0.05) is 75.8 Å². The third kappa shape index (κ3) is 3.43. The van der Waals surface area contributed by atoms with Crippen molar-refractivity contribution in [3.8, 4) is 0 Å². The second-order valence-electron chi connectivity index (χ2n) is 7.56. The predicted octanol–water partition coefficient (Wildman–Crippen LogP) is 5.99. The third-order valence-electron chi connectivity index (χ3n) is 5.39. The van der Waals surface area contributed by atoms with Crippen molar-refractivity contribution in [3.05, 3.63) is 99.5 Å². The number of rotatable bonds is 3. The molecule has 2 heterocycles. The fraction of sp³-hybridized carbons (Fsp3) is 0.0800. The van der Waals surface area contributed by atoms with Crippen LogP contribution in [0, 0.1) is 6.92 Å². The molecule has 4 aromatic rings. The molecule has 0 spiro atoms. The van der Waals surface area contributed by atoms with E-state index < -0.39 is 17.7 Å². The van der Waals surface area contributed by atoms with Gasteiger partial charge in [0.15, 0.2) is 5.13 Å². The molecule has 5 rings (SSSR count). The smallest absolute Gasteiger partial charge is 0.301 e. The highest BCUT2D eigenvalue weighted by Gasteiger charge is 2.48. The predicted molar refractivity (Wildman–Crippen MR) is 130 cm³/mol. The van der Waals surface area contributed by atoms with Crippen LogP contribution in [0.2, 0.25) is 0 Å². The number of carbonyl (C=O) groups is 2. The van der Waals surface area contributed by atoms with E-state index in [1.807, 2.05) is 55.5 Å². The van der Waals surface area contributed by atoms with Crippen LogP contribution in [0.5, 0.6) is 0 Å². The zero-order valence-electron chi connectivity index (χ0n) is 16.9. The molecule has 3 aromatic carbocycles. The first-order valence-corrected chi connectivity index (χ1v) is 11.5. The van der Waals surface area contributed by atoms with Crippen LogP contribution in [0.4, 0.5) is 5.13 Å². The molecule has 1 atom stereocenters. The van der Waals surface area contributed by atoms with E-state index in [1.54, 1.807) is 24.3 Å². The van der Waals surface area contributed by atoms with E-state index in [0.717, 1.165) is 20.3 Å². The second kappa shape index (κ2) is 8.00. The van der Waals surface area contributed by atoms with E-state index in [9.17, 15) is 14.7 Å². The number of anilines is 1. The van der Waals surface area contributed by atoms with E-state index in [0.29, 0.717) is 16.3 Å². The summed E-state index contributed by atoms with van der Waals surface area (Å²) in [6, 6.07) is 21.2. The molecular formula is C25H17BrN2O3S. The molecular weight excluding hydrogens is 488 g/mol. The number of amides is 1. The van der Waals surface area contributed by atoms with Gasteiger partial charge >= 0.3 is 5.91 Å². The molecule has 158 valence electrons. The number of fused-ring (bicyclic) bond motifs is 1. The van der Waals surface area contributed by atoms with Gasteiger partial charge in [0.1, 0.15) is 5.76 Å². The lowest BCUT2D eigenvalue weighted by atomic mass is 9.95. The average Bonchev–Trinajstić information content (AvgIpc) is 3.32. The first-order valence-electron chi connectivity index (χ1n) is 9.93. The summed E-state index contributed by atoms with van der Waals surface area (Å²) in [5.41, 5.74) is 3.07. The molecule has 32 heavy (non-hydrogen) atoms. The van der Waals surface area contributed by atoms with E-state index in [2.05, 4.69) is 20.9 Å². The summed E-state index contributed by atoms with van der Waals surface area (Å²) >= 11 is 4.83. The van der Waals surface area contributed by atoms with Gasteiger partial charge < -0.3 is 5.11 Å². The monoisotopic (exact) mass is 504 g/mol. The lowest BCUT2D eigenvalue weighted by Gasteiger charge is -2.23. The summed E-state index contributed by atoms with van der Waals surface area (Å²) in [5, 5.41) is 11.5. The van der Waals surface area contributed by atoms with Crippen molar-refractivity contribution in [2.75, 3.05) is 4.90 Å². The SMILES string of the molecule is Cc1ccc2nc(N3C(=O)C(=O)C(=C(O)c4ccccc4)C3c3cccc(Br)c3)sc2c1. The number of carbonyl (C=O) groups excluding carboxylic acids is 2. The quantitative estimate of drug-likeness (QED) is 0.211. The van der Waals surface area contributed by atoms with E-state index in [-0.39, 0.29) is 11.3 Å². The Labute approximate surface area is 196 Å². The molecule has 1 N–H and O–H groups in total. The zero-order valence-corrected chi connectivity index (χ0v) is 19.4. The molecule has 1 fully saturated rings. The van der Waals surface area contributed by atoms with Crippen LogP contribution in [0.15, 0.2) is 82.8 Å². The lowest BCUT2D eigenvalue weighted by molar-refractivity contribution is -0.132. The highest BCUT2D eigenvalue weighted by Crippen LogP contribution is 2.44. The topological polar surface area (TPSA) is 70.5 Å². The van der Waals surface area contributed by atoms with Crippen LogP contribution in [-0.4, -0.2) is 21.8 Å². The third-order valence-corrected chi connectivity index (χ3v) is 6.91. The van der Waals surface area contributed by atoms with Crippen molar-refractivity contribution in [3.63, 3.8) is 0 Å². The van der Waals surface area contributed by atoms with Gasteiger partial charge in [-0.2, -0.15) is 0 Å². The Hall–Kier alpha value is -3.29. The number of Topliss-reactive ketones (excluding diaryl/α,β-unsaturated/α-hetero) is 1. The molecule has 1 aliphatic heterocycles. The van der Waals surface area contributed by atoms with E-state index in [1.165, 1.54) is 16.2 Å². The van der Waals surface area contributed by atoms with Crippen molar-refractivity contribution in [1.82, 2.24) is 4.98 Å². The molecule has 1 unspecified atom stereocenters. The van der Waals surface area contributed by atoms with Crippen LogP contribution >= 0.6 is 27.3 Å². The highest BCUT2D eigenvalue weighted by molar-refractivity contribution is 9.10.